The molecule has 3 nitrogen and oxygen atoms in total. The third-order valence-corrected chi connectivity index (χ3v) is 2.84. The van der Waals surface area contributed by atoms with Crippen LogP contribution in [-0.4, -0.2) is 17.2 Å². The maximum absolute atomic E-state index is 13.4. The Labute approximate surface area is 94.4 Å². The summed E-state index contributed by atoms with van der Waals surface area (Å²) < 4.78 is 26.4. The van der Waals surface area contributed by atoms with Gasteiger partial charge in [0.2, 0.25) is 11.8 Å². The molecule has 0 aliphatic carbocycles. The number of halogens is 3. The second-order valence-corrected chi connectivity index (χ2v) is 3.85. The molecule has 0 radical (unpaired) electrons. The van der Waals surface area contributed by atoms with E-state index in [1.54, 1.807) is 0 Å². The molecule has 0 spiro atoms. The van der Waals surface area contributed by atoms with E-state index in [-0.39, 0.29) is 5.56 Å². The molecule has 2 rings (SSSR count). The van der Waals surface area contributed by atoms with Crippen molar-refractivity contribution < 1.29 is 18.4 Å². The zero-order valence-corrected chi connectivity index (χ0v) is 8.59. The number of hydrogen-bond donors (Lipinski definition) is 1. The summed E-state index contributed by atoms with van der Waals surface area (Å²) in [5.41, 5.74) is -0.205. The van der Waals surface area contributed by atoms with Gasteiger partial charge < -0.3 is 0 Å². The largest absolute Gasteiger partial charge is 0.295 e. The van der Waals surface area contributed by atoms with E-state index in [2.05, 4.69) is 0 Å². The monoisotopic (exact) mass is 245 g/mol. The minimum atomic E-state index is -1.20. The summed E-state index contributed by atoms with van der Waals surface area (Å²) in [5, 5.41) is 0.758. The minimum absolute atomic E-state index is 0.205. The second-order valence-electron chi connectivity index (χ2n) is 3.38. The van der Waals surface area contributed by atoms with Crippen LogP contribution in [0.25, 0.3) is 0 Å². The number of hydrogen-bond acceptors (Lipinski definition) is 2. The predicted molar refractivity (Wildman–Crippen MR) is 51.9 cm³/mol. The van der Waals surface area contributed by atoms with E-state index in [1.807, 2.05) is 5.32 Å². The van der Waals surface area contributed by atoms with Crippen LogP contribution in [0.15, 0.2) is 18.2 Å². The highest BCUT2D eigenvalue weighted by molar-refractivity contribution is 6.37. The average Bonchev–Trinajstić information content (AvgIpc) is 2.47. The number of alkyl halides is 1. The molecule has 6 heteroatoms. The van der Waals surface area contributed by atoms with Gasteiger partial charge in [-0.15, -0.1) is 11.6 Å². The fourth-order valence-corrected chi connectivity index (χ4v) is 1.92. The third kappa shape index (κ3) is 1.57. The molecule has 0 aromatic heterocycles. The molecule has 0 saturated carbocycles. The number of amides is 2. The van der Waals surface area contributed by atoms with Crippen molar-refractivity contribution in [2.24, 2.45) is 0 Å². The van der Waals surface area contributed by atoms with Crippen LogP contribution in [0.2, 0.25) is 0 Å². The quantitative estimate of drug-likeness (QED) is 0.599. The van der Waals surface area contributed by atoms with Crippen LogP contribution >= 0.6 is 11.6 Å². The van der Waals surface area contributed by atoms with Gasteiger partial charge in [-0.25, -0.2) is 8.78 Å². The number of rotatable bonds is 1. The summed E-state index contributed by atoms with van der Waals surface area (Å²) in [5.74, 6) is -4.81. The van der Waals surface area contributed by atoms with Gasteiger partial charge in [0.1, 0.15) is 5.38 Å². The van der Waals surface area contributed by atoms with Crippen LogP contribution in [0.5, 0.6) is 0 Å². The molecule has 1 heterocycles. The Bertz CT molecular complexity index is 478. The van der Waals surface area contributed by atoms with Crippen molar-refractivity contribution in [2.75, 3.05) is 0 Å². The molecule has 0 bridgehead atoms. The lowest BCUT2D eigenvalue weighted by atomic mass is 9.96. The van der Waals surface area contributed by atoms with E-state index >= 15 is 0 Å². The molecule has 1 aromatic rings. The Kier molecular flexibility index (Phi) is 2.63. The molecule has 84 valence electrons. The zero-order valence-electron chi connectivity index (χ0n) is 7.84. The molecule has 1 saturated heterocycles. The van der Waals surface area contributed by atoms with Crippen molar-refractivity contribution in [3.8, 4) is 0 Å². The molecular weight excluding hydrogens is 240 g/mol. The first-order valence-electron chi connectivity index (χ1n) is 4.45. The maximum atomic E-state index is 13.4. The number of carbonyl (C=O) groups excluding carboxylic acids is 2. The van der Waals surface area contributed by atoms with Gasteiger partial charge in [0.25, 0.3) is 0 Å². The fourth-order valence-electron chi connectivity index (χ4n) is 1.61. The van der Waals surface area contributed by atoms with E-state index < -0.39 is 34.7 Å². The molecule has 1 aliphatic heterocycles. The number of nitrogens with one attached hydrogen (secondary N) is 1. The van der Waals surface area contributed by atoms with Crippen molar-refractivity contribution >= 4 is 23.4 Å². The first-order valence-corrected chi connectivity index (χ1v) is 4.88. The molecule has 1 fully saturated rings. The van der Waals surface area contributed by atoms with E-state index in [0.29, 0.717) is 0 Å². The van der Waals surface area contributed by atoms with Gasteiger partial charge in [0.15, 0.2) is 11.6 Å². The maximum Gasteiger partial charge on any atom is 0.245 e. The summed E-state index contributed by atoms with van der Waals surface area (Å²) in [6.07, 6.45) is 0. The normalized spacial score (nSPS) is 24.7. The Morgan fingerprint density at radius 1 is 1.19 bits per heavy atom. The van der Waals surface area contributed by atoms with E-state index in [9.17, 15) is 18.4 Å². The van der Waals surface area contributed by atoms with E-state index in [1.165, 1.54) is 12.1 Å². The molecule has 16 heavy (non-hydrogen) atoms. The Morgan fingerprint density at radius 2 is 1.88 bits per heavy atom. The molecule has 2 unspecified atom stereocenters. The molecule has 1 N–H and O–H groups in total. The smallest absolute Gasteiger partial charge is 0.245 e. The Morgan fingerprint density at radius 3 is 2.44 bits per heavy atom. The Balaban J connectivity index is 2.48. The summed E-state index contributed by atoms with van der Waals surface area (Å²) in [6, 6.07) is 3.42. The first-order chi connectivity index (χ1) is 7.52. The van der Waals surface area contributed by atoms with Crippen LogP contribution < -0.4 is 5.32 Å². The highest BCUT2D eigenvalue weighted by atomic mass is 35.5. The van der Waals surface area contributed by atoms with Crippen molar-refractivity contribution in [1.29, 1.82) is 0 Å². The van der Waals surface area contributed by atoms with Crippen LogP contribution in [0.1, 0.15) is 11.5 Å². The Hall–Kier alpha value is -1.49. The van der Waals surface area contributed by atoms with E-state index in [4.69, 9.17) is 11.6 Å². The van der Waals surface area contributed by atoms with Gasteiger partial charge in [-0.05, 0) is 6.07 Å². The van der Waals surface area contributed by atoms with Crippen molar-refractivity contribution in [3.05, 3.63) is 35.4 Å². The second kappa shape index (κ2) is 3.83. The third-order valence-electron chi connectivity index (χ3n) is 2.39. The molecule has 1 aliphatic rings. The number of imide groups is 1. The number of carbonyl (C=O) groups is 2. The lowest BCUT2D eigenvalue weighted by Gasteiger charge is -2.10. The topological polar surface area (TPSA) is 46.2 Å². The first kappa shape index (κ1) is 11.0. The summed E-state index contributed by atoms with van der Waals surface area (Å²) in [7, 11) is 0. The summed E-state index contributed by atoms with van der Waals surface area (Å²) in [6.45, 7) is 0. The van der Waals surface area contributed by atoms with Gasteiger partial charge >= 0.3 is 0 Å². The molecular formula is C10H6ClF2NO2. The van der Waals surface area contributed by atoms with Crippen molar-refractivity contribution in [1.82, 2.24) is 5.32 Å². The van der Waals surface area contributed by atoms with E-state index in [0.717, 1.165) is 6.07 Å². The standard InChI is InChI=1S/C10H6ClF2NO2/c11-7-6(9(15)14-10(7)16)4-2-1-3-5(12)8(4)13/h1-3,6-7H,(H,14,15,16). The predicted octanol–water partition coefficient (Wildman–Crippen LogP) is 1.31. The average molecular weight is 246 g/mol. The van der Waals surface area contributed by atoms with Gasteiger partial charge in [-0.2, -0.15) is 0 Å². The van der Waals surface area contributed by atoms with Crippen LogP contribution in [-0.2, 0) is 9.59 Å². The highest BCUT2D eigenvalue weighted by Gasteiger charge is 2.42. The zero-order chi connectivity index (χ0) is 11.9. The number of benzene rings is 1. The highest BCUT2D eigenvalue weighted by Crippen LogP contribution is 2.31. The molecule has 2 amide bonds. The lowest BCUT2D eigenvalue weighted by Crippen LogP contribution is -2.22. The van der Waals surface area contributed by atoms with Gasteiger partial charge in [0.05, 0.1) is 5.92 Å². The fraction of sp³-hybridized carbons (Fsp3) is 0.200. The molecule has 1 aromatic carbocycles. The lowest BCUT2D eigenvalue weighted by molar-refractivity contribution is -0.125. The van der Waals surface area contributed by atoms with Crippen LogP contribution in [0.3, 0.4) is 0 Å². The van der Waals surface area contributed by atoms with Gasteiger partial charge in [0, 0.05) is 5.56 Å². The summed E-state index contributed by atoms with van der Waals surface area (Å²) in [4.78, 5) is 22.4. The molecule has 2 atom stereocenters. The SMILES string of the molecule is O=C1NC(=O)C(c2cccc(F)c2F)C1Cl. The van der Waals surface area contributed by atoms with Crippen LogP contribution in [0.4, 0.5) is 8.78 Å². The van der Waals surface area contributed by atoms with Gasteiger partial charge in [-0.3, -0.25) is 14.9 Å². The van der Waals surface area contributed by atoms with Gasteiger partial charge in [-0.1, -0.05) is 12.1 Å². The summed E-state index contributed by atoms with van der Waals surface area (Å²) >= 11 is 5.66. The minimum Gasteiger partial charge on any atom is -0.295 e. The van der Waals surface area contributed by atoms with Crippen molar-refractivity contribution in [2.45, 2.75) is 11.3 Å². The van der Waals surface area contributed by atoms with Crippen LogP contribution in [0, 0.1) is 11.6 Å². The van der Waals surface area contributed by atoms with Crippen molar-refractivity contribution in [3.63, 3.8) is 0 Å².